The Morgan fingerprint density at radius 2 is 1.88 bits per heavy atom. The van der Waals surface area contributed by atoms with Gasteiger partial charge in [0.1, 0.15) is 5.56 Å². The summed E-state index contributed by atoms with van der Waals surface area (Å²) in [6.07, 6.45) is 0.522. The highest BCUT2D eigenvalue weighted by molar-refractivity contribution is 5.95. The fourth-order valence-corrected chi connectivity index (χ4v) is 2.28. The number of hydrogen-bond donors (Lipinski definition) is 0. The van der Waals surface area contributed by atoms with Crippen LogP contribution in [0.1, 0.15) is 22.8 Å². The lowest BCUT2D eigenvalue weighted by Gasteiger charge is -2.11. The molecule has 0 aliphatic rings. The van der Waals surface area contributed by atoms with Crippen LogP contribution in [0.15, 0.2) is 42.5 Å². The number of nitro benzene ring substituents is 1. The van der Waals surface area contributed by atoms with E-state index < -0.39 is 10.9 Å². The molecule has 0 bridgehead atoms. The molecule has 0 saturated heterocycles. The molecule has 0 fully saturated rings. The Morgan fingerprint density at radius 1 is 1.16 bits per heavy atom. The molecule has 0 unspecified atom stereocenters. The third kappa shape index (κ3) is 4.69. The number of rotatable bonds is 8. The molecule has 2 aromatic carbocycles. The van der Waals surface area contributed by atoms with Crippen LogP contribution in [0.5, 0.6) is 11.5 Å². The summed E-state index contributed by atoms with van der Waals surface area (Å²) in [7, 11) is 1.40. The number of hydrogen-bond acceptors (Lipinski definition) is 6. The molecule has 7 heteroatoms. The van der Waals surface area contributed by atoms with Gasteiger partial charge < -0.3 is 14.2 Å². The Kier molecular flexibility index (Phi) is 6.33. The van der Waals surface area contributed by atoms with Crippen LogP contribution in [0.4, 0.5) is 5.69 Å². The fourth-order valence-electron chi connectivity index (χ4n) is 2.28. The Balaban J connectivity index is 2.17. The molecule has 0 atom stereocenters. The first kappa shape index (κ1) is 18.3. The Labute approximate surface area is 145 Å². The molecule has 0 heterocycles. The van der Waals surface area contributed by atoms with Crippen molar-refractivity contribution in [2.45, 2.75) is 13.3 Å². The quantitative estimate of drug-likeness (QED) is 0.414. The monoisotopic (exact) mass is 345 g/mol. The highest BCUT2D eigenvalue weighted by atomic mass is 16.6. The van der Waals surface area contributed by atoms with Crippen LogP contribution < -0.4 is 9.47 Å². The largest absolute Gasteiger partial charge is 0.493 e. The van der Waals surface area contributed by atoms with Crippen molar-refractivity contribution in [2.24, 2.45) is 0 Å². The molecular weight excluding hydrogens is 326 g/mol. The number of nitro groups is 1. The number of nitrogens with zero attached hydrogens (tertiary/aromatic N) is 1. The summed E-state index contributed by atoms with van der Waals surface area (Å²) in [5, 5.41) is 11.3. The number of carbonyl (C=O) groups excluding carboxylic acids is 1. The molecule has 0 amide bonds. The predicted octanol–water partition coefficient (Wildman–Crippen LogP) is 3.40. The summed E-state index contributed by atoms with van der Waals surface area (Å²) in [4.78, 5) is 22.9. The third-order valence-corrected chi connectivity index (χ3v) is 3.47. The molecule has 132 valence electrons. The summed E-state index contributed by atoms with van der Waals surface area (Å²) in [5.41, 5.74) is 0.460. The van der Waals surface area contributed by atoms with Gasteiger partial charge in [0.25, 0.3) is 5.69 Å². The van der Waals surface area contributed by atoms with E-state index in [4.69, 9.17) is 14.2 Å². The second-order valence-electron chi connectivity index (χ2n) is 5.08. The minimum Gasteiger partial charge on any atom is -0.493 e. The van der Waals surface area contributed by atoms with E-state index in [9.17, 15) is 14.9 Å². The zero-order valence-corrected chi connectivity index (χ0v) is 14.1. The van der Waals surface area contributed by atoms with Gasteiger partial charge >= 0.3 is 5.97 Å². The lowest BCUT2D eigenvalue weighted by atomic mass is 10.1. The molecule has 2 aromatic rings. The van der Waals surface area contributed by atoms with Crippen molar-refractivity contribution < 1.29 is 23.9 Å². The lowest BCUT2D eigenvalue weighted by molar-refractivity contribution is -0.385. The van der Waals surface area contributed by atoms with Crippen LogP contribution in [0.25, 0.3) is 0 Å². The van der Waals surface area contributed by atoms with Crippen LogP contribution in [-0.4, -0.2) is 31.2 Å². The summed E-state index contributed by atoms with van der Waals surface area (Å²) in [6, 6.07) is 11.9. The normalized spacial score (nSPS) is 10.2. The molecule has 0 aromatic heterocycles. The first-order chi connectivity index (χ1) is 12.1. The Bertz CT molecular complexity index is 745. The predicted molar refractivity (Wildman–Crippen MR) is 91.2 cm³/mol. The van der Waals surface area contributed by atoms with Crippen molar-refractivity contribution in [2.75, 3.05) is 20.3 Å². The minimum atomic E-state index is -0.774. The van der Waals surface area contributed by atoms with Crippen molar-refractivity contribution in [3.8, 4) is 11.5 Å². The molecule has 0 aliphatic carbocycles. The minimum absolute atomic E-state index is 0.121. The molecule has 2 rings (SSSR count). The van der Waals surface area contributed by atoms with Gasteiger partial charge in [0.15, 0.2) is 11.5 Å². The number of esters is 1. The summed E-state index contributed by atoms with van der Waals surface area (Å²) >= 11 is 0. The van der Waals surface area contributed by atoms with Gasteiger partial charge in [-0.05, 0) is 12.5 Å². The number of benzene rings is 2. The summed E-state index contributed by atoms with van der Waals surface area (Å²) < 4.78 is 15.6. The third-order valence-electron chi connectivity index (χ3n) is 3.47. The van der Waals surface area contributed by atoms with Crippen LogP contribution in [0.2, 0.25) is 0 Å². The van der Waals surface area contributed by atoms with E-state index >= 15 is 0 Å². The van der Waals surface area contributed by atoms with Crippen molar-refractivity contribution in [3.63, 3.8) is 0 Å². The van der Waals surface area contributed by atoms with Crippen molar-refractivity contribution in [1.82, 2.24) is 0 Å². The molecule has 0 aliphatic heterocycles. The Morgan fingerprint density at radius 3 is 2.48 bits per heavy atom. The molecular formula is C18H19NO6. The van der Waals surface area contributed by atoms with Gasteiger partial charge in [0.2, 0.25) is 0 Å². The molecule has 0 saturated carbocycles. The van der Waals surface area contributed by atoms with Crippen LogP contribution in [-0.2, 0) is 11.2 Å². The van der Waals surface area contributed by atoms with E-state index in [0.29, 0.717) is 13.0 Å². The molecule has 25 heavy (non-hydrogen) atoms. The summed E-state index contributed by atoms with van der Waals surface area (Å²) in [5.74, 6) is -0.330. The van der Waals surface area contributed by atoms with E-state index in [1.807, 2.05) is 30.3 Å². The van der Waals surface area contributed by atoms with Crippen molar-refractivity contribution in [1.29, 1.82) is 0 Å². The van der Waals surface area contributed by atoms with Gasteiger partial charge in [-0.3, -0.25) is 10.1 Å². The van der Waals surface area contributed by atoms with Gasteiger partial charge in [-0.25, -0.2) is 4.79 Å². The molecule has 0 spiro atoms. The van der Waals surface area contributed by atoms with E-state index in [0.717, 1.165) is 5.56 Å². The maximum atomic E-state index is 12.3. The number of methoxy groups -OCH3 is 1. The van der Waals surface area contributed by atoms with E-state index in [-0.39, 0.29) is 29.4 Å². The number of ether oxygens (including phenoxy) is 3. The molecule has 0 N–H and O–H groups in total. The van der Waals surface area contributed by atoms with Crippen LogP contribution >= 0.6 is 0 Å². The lowest BCUT2D eigenvalue weighted by Crippen LogP contribution is -2.11. The summed E-state index contributed by atoms with van der Waals surface area (Å²) in [6.45, 7) is 2.18. The van der Waals surface area contributed by atoms with Gasteiger partial charge in [-0.1, -0.05) is 30.3 Å². The van der Waals surface area contributed by atoms with Crippen molar-refractivity contribution >= 4 is 11.7 Å². The average molecular weight is 345 g/mol. The average Bonchev–Trinajstić information content (AvgIpc) is 2.62. The second-order valence-corrected chi connectivity index (χ2v) is 5.08. The topological polar surface area (TPSA) is 87.9 Å². The maximum Gasteiger partial charge on any atom is 0.345 e. The van der Waals surface area contributed by atoms with E-state index in [1.54, 1.807) is 6.92 Å². The molecule has 7 nitrogen and oxygen atoms in total. The van der Waals surface area contributed by atoms with E-state index in [1.165, 1.54) is 19.2 Å². The molecule has 0 radical (unpaired) electrons. The van der Waals surface area contributed by atoms with Crippen LogP contribution in [0.3, 0.4) is 0 Å². The highest BCUT2D eigenvalue weighted by Crippen LogP contribution is 2.35. The smallest absolute Gasteiger partial charge is 0.345 e. The highest BCUT2D eigenvalue weighted by Gasteiger charge is 2.25. The zero-order valence-electron chi connectivity index (χ0n) is 14.1. The standard InChI is InChI=1S/C18H19NO6/c1-3-24-17-12-15(19(21)22)14(11-16(17)23-2)18(20)25-10-9-13-7-5-4-6-8-13/h4-8,11-12H,3,9-10H2,1-2H3. The van der Waals surface area contributed by atoms with Gasteiger partial charge in [0.05, 0.1) is 31.3 Å². The fraction of sp³-hybridized carbons (Fsp3) is 0.278. The van der Waals surface area contributed by atoms with Gasteiger partial charge in [-0.15, -0.1) is 0 Å². The van der Waals surface area contributed by atoms with Crippen molar-refractivity contribution in [3.05, 3.63) is 63.7 Å². The van der Waals surface area contributed by atoms with Gasteiger partial charge in [0, 0.05) is 12.5 Å². The first-order valence-corrected chi connectivity index (χ1v) is 7.77. The maximum absolute atomic E-state index is 12.3. The first-order valence-electron chi connectivity index (χ1n) is 7.77. The zero-order chi connectivity index (χ0) is 18.2. The van der Waals surface area contributed by atoms with Crippen LogP contribution in [0, 0.1) is 10.1 Å². The Hall–Kier alpha value is -3.09. The van der Waals surface area contributed by atoms with E-state index in [2.05, 4.69) is 0 Å². The SMILES string of the molecule is CCOc1cc([N+](=O)[O-])c(C(=O)OCCc2ccccc2)cc1OC. The van der Waals surface area contributed by atoms with Gasteiger partial charge in [-0.2, -0.15) is 0 Å². The second kappa shape index (κ2) is 8.68. The number of carbonyl (C=O) groups is 1.